The molecule has 0 radical (unpaired) electrons. The van der Waals surface area contributed by atoms with E-state index in [1.165, 1.54) is 36.4 Å². The van der Waals surface area contributed by atoms with Crippen LogP contribution < -0.4 is 18.9 Å². The normalized spacial score (nSPS) is 13.6. The van der Waals surface area contributed by atoms with Gasteiger partial charge >= 0.3 is 0 Å². The van der Waals surface area contributed by atoms with Gasteiger partial charge in [-0.2, -0.15) is 0 Å². The van der Waals surface area contributed by atoms with Gasteiger partial charge in [0.05, 0.1) is 26.3 Å². The van der Waals surface area contributed by atoms with Crippen molar-refractivity contribution in [3.8, 4) is 11.5 Å². The minimum atomic E-state index is -4.13. The largest absolute Gasteiger partial charge is 0.486 e. The molecule has 0 aliphatic carbocycles. The molecule has 0 unspecified atom stereocenters. The summed E-state index contributed by atoms with van der Waals surface area (Å²) in [6.45, 7) is 0.666. The van der Waals surface area contributed by atoms with Crippen LogP contribution in [0.2, 0.25) is 10.0 Å². The van der Waals surface area contributed by atoms with Crippen molar-refractivity contribution < 1.29 is 26.3 Å². The molecular formula is C18H14Cl2N2O6S3. The Kier molecular flexibility index (Phi) is 5.97. The number of hydrogen-bond acceptors (Lipinski definition) is 7. The number of anilines is 2. The first kappa shape index (κ1) is 22.0. The molecular weight excluding hydrogens is 507 g/mol. The Balaban J connectivity index is 1.70. The maximum atomic E-state index is 13.0. The second-order valence-electron chi connectivity index (χ2n) is 6.26. The lowest BCUT2D eigenvalue weighted by Crippen LogP contribution is -2.18. The highest BCUT2D eigenvalue weighted by molar-refractivity contribution is 7.94. The first-order chi connectivity index (χ1) is 14.7. The molecule has 1 aromatic heterocycles. The third-order valence-electron chi connectivity index (χ3n) is 4.13. The fraction of sp³-hybridized carbons (Fsp3) is 0.111. The number of thiophene rings is 1. The number of nitrogens with one attached hydrogen (secondary N) is 2. The van der Waals surface area contributed by atoms with Crippen molar-refractivity contribution in [2.45, 2.75) is 9.10 Å². The van der Waals surface area contributed by atoms with E-state index in [0.29, 0.717) is 24.7 Å². The summed E-state index contributed by atoms with van der Waals surface area (Å²) in [6.07, 6.45) is 0. The zero-order valence-electron chi connectivity index (χ0n) is 15.5. The predicted molar refractivity (Wildman–Crippen MR) is 120 cm³/mol. The van der Waals surface area contributed by atoms with E-state index in [4.69, 9.17) is 32.7 Å². The van der Waals surface area contributed by atoms with Crippen molar-refractivity contribution in [2.75, 3.05) is 22.7 Å². The summed E-state index contributed by atoms with van der Waals surface area (Å²) in [5.41, 5.74) is -0.173. The monoisotopic (exact) mass is 520 g/mol. The Labute approximate surface area is 192 Å². The van der Waals surface area contributed by atoms with Crippen molar-refractivity contribution in [3.63, 3.8) is 0 Å². The second-order valence-corrected chi connectivity index (χ2v) is 11.6. The van der Waals surface area contributed by atoms with Crippen LogP contribution in [0.4, 0.5) is 11.4 Å². The van der Waals surface area contributed by atoms with Crippen LogP contribution in [0.15, 0.2) is 56.9 Å². The van der Waals surface area contributed by atoms with Gasteiger partial charge in [0.1, 0.15) is 17.4 Å². The topological polar surface area (TPSA) is 111 Å². The molecule has 0 fully saturated rings. The molecule has 0 saturated carbocycles. The minimum Gasteiger partial charge on any atom is -0.486 e. The lowest BCUT2D eigenvalue weighted by molar-refractivity contribution is 0.171. The summed E-state index contributed by atoms with van der Waals surface area (Å²) in [4.78, 5) is -0.102. The van der Waals surface area contributed by atoms with Crippen LogP contribution in [0.3, 0.4) is 0 Å². The highest BCUT2D eigenvalue weighted by Crippen LogP contribution is 2.37. The van der Waals surface area contributed by atoms with E-state index in [1.807, 2.05) is 0 Å². The number of ether oxygens (including phenoxy) is 2. The van der Waals surface area contributed by atoms with Crippen LogP contribution >= 0.6 is 34.5 Å². The van der Waals surface area contributed by atoms with Gasteiger partial charge in [-0.1, -0.05) is 29.3 Å². The molecule has 3 aromatic rings. The molecule has 31 heavy (non-hydrogen) atoms. The highest BCUT2D eigenvalue weighted by Gasteiger charge is 2.23. The zero-order valence-corrected chi connectivity index (χ0v) is 19.4. The van der Waals surface area contributed by atoms with Gasteiger partial charge in [-0.3, -0.25) is 9.44 Å². The van der Waals surface area contributed by atoms with Gasteiger partial charge in [0.2, 0.25) is 0 Å². The number of hydrogen-bond donors (Lipinski definition) is 2. The standard InChI is InChI=1S/C18H14Cl2N2O6S3/c19-12-9-14(15(10-13(12)20)22-31(25,26)18-2-1-7-29-18)21-30(23,24)11-3-4-16-17(8-11)28-6-5-27-16/h1-4,7-10,21-22H,5-6H2. The van der Waals surface area contributed by atoms with E-state index < -0.39 is 20.0 Å². The Bertz CT molecular complexity index is 1340. The second kappa shape index (κ2) is 8.40. The number of benzene rings is 2. The zero-order chi connectivity index (χ0) is 22.2. The molecule has 2 aromatic carbocycles. The van der Waals surface area contributed by atoms with E-state index in [-0.39, 0.29) is 30.5 Å². The molecule has 1 aliphatic rings. The van der Waals surface area contributed by atoms with Gasteiger partial charge < -0.3 is 9.47 Å². The first-order valence-corrected chi connectivity index (χ1v) is 13.2. The molecule has 0 amide bonds. The highest BCUT2D eigenvalue weighted by atomic mass is 35.5. The third kappa shape index (κ3) is 4.70. The summed E-state index contributed by atoms with van der Waals surface area (Å²) in [6, 6.07) is 9.62. The van der Waals surface area contributed by atoms with Crippen molar-refractivity contribution >= 4 is 66.0 Å². The van der Waals surface area contributed by atoms with Gasteiger partial charge in [-0.05, 0) is 35.7 Å². The maximum absolute atomic E-state index is 13.0. The van der Waals surface area contributed by atoms with Crippen molar-refractivity contribution in [2.24, 2.45) is 0 Å². The number of rotatable bonds is 6. The molecule has 8 nitrogen and oxygen atoms in total. The Morgan fingerprint density at radius 2 is 1.42 bits per heavy atom. The van der Waals surface area contributed by atoms with E-state index >= 15 is 0 Å². The number of fused-ring (bicyclic) bond motifs is 1. The molecule has 2 heterocycles. The molecule has 164 valence electrons. The molecule has 13 heteroatoms. The van der Waals surface area contributed by atoms with Crippen LogP contribution in [0.5, 0.6) is 11.5 Å². The maximum Gasteiger partial charge on any atom is 0.271 e. The van der Waals surface area contributed by atoms with Gasteiger partial charge in [-0.15, -0.1) is 11.3 Å². The molecule has 0 saturated heterocycles. The Morgan fingerprint density at radius 3 is 2.03 bits per heavy atom. The summed E-state index contributed by atoms with van der Waals surface area (Å²) in [7, 11) is -8.09. The molecule has 0 atom stereocenters. The molecule has 0 bridgehead atoms. The quantitative estimate of drug-likeness (QED) is 0.497. The third-order valence-corrected chi connectivity index (χ3v) is 8.98. The van der Waals surface area contributed by atoms with Gasteiger partial charge in [0.15, 0.2) is 11.5 Å². The van der Waals surface area contributed by atoms with E-state index in [9.17, 15) is 16.8 Å². The van der Waals surface area contributed by atoms with Gasteiger partial charge in [0.25, 0.3) is 20.0 Å². The average molecular weight is 521 g/mol. The van der Waals surface area contributed by atoms with Gasteiger partial charge in [0, 0.05) is 6.07 Å². The molecule has 4 rings (SSSR count). The Morgan fingerprint density at radius 1 is 0.806 bits per heavy atom. The number of halogens is 2. The summed E-state index contributed by atoms with van der Waals surface area (Å²) in [5, 5.41) is 1.70. The lowest BCUT2D eigenvalue weighted by Gasteiger charge is -2.19. The SMILES string of the molecule is O=S(=O)(Nc1cc(Cl)c(Cl)cc1NS(=O)(=O)c1cccs1)c1ccc2c(c1)OCCO2. The molecule has 1 aliphatic heterocycles. The summed E-state index contributed by atoms with van der Waals surface area (Å²) >= 11 is 13.1. The molecule has 2 N–H and O–H groups in total. The summed E-state index contributed by atoms with van der Waals surface area (Å²) < 4.78 is 66.8. The minimum absolute atomic E-state index is 0.0422. The van der Waals surface area contributed by atoms with Crippen LogP contribution in [0.25, 0.3) is 0 Å². The molecule has 0 spiro atoms. The van der Waals surface area contributed by atoms with Crippen molar-refractivity contribution in [1.29, 1.82) is 0 Å². The fourth-order valence-corrected chi connectivity index (χ4v) is 6.20. The fourth-order valence-electron chi connectivity index (χ4n) is 2.72. The van der Waals surface area contributed by atoms with Crippen LogP contribution in [-0.2, 0) is 20.0 Å². The first-order valence-electron chi connectivity index (χ1n) is 8.63. The van der Waals surface area contributed by atoms with Gasteiger partial charge in [-0.25, -0.2) is 16.8 Å². The van der Waals surface area contributed by atoms with Crippen molar-refractivity contribution in [3.05, 3.63) is 57.9 Å². The van der Waals surface area contributed by atoms with Crippen LogP contribution in [0.1, 0.15) is 0 Å². The van der Waals surface area contributed by atoms with Crippen LogP contribution in [-0.4, -0.2) is 30.0 Å². The average Bonchev–Trinajstić information content (AvgIpc) is 3.27. The lowest BCUT2D eigenvalue weighted by atomic mass is 10.3. The van der Waals surface area contributed by atoms with E-state index in [2.05, 4.69) is 9.44 Å². The smallest absolute Gasteiger partial charge is 0.271 e. The Hall–Kier alpha value is -2.18. The number of sulfonamides is 2. The summed E-state index contributed by atoms with van der Waals surface area (Å²) in [5.74, 6) is 0.728. The van der Waals surface area contributed by atoms with Crippen molar-refractivity contribution in [1.82, 2.24) is 0 Å². The van der Waals surface area contributed by atoms with E-state index in [1.54, 1.807) is 11.4 Å². The van der Waals surface area contributed by atoms with Crippen LogP contribution in [0, 0.1) is 0 Å². The van der Waals surface area contributed by atoms with E-state index in [0.717, 1.165) is 11.3 Å². The predicted octanol–water partition coefficient (Wildman–Crippen LogP) is 4.43.